The predicted octanol–water partition coefficient (Wildman–Crippen LogP) is 1.51. The van der Waals surface area contributed by atoms with E-state index in [1.165, 1.54) is 25.7 Å². The lowest BCUT2D eigenvalue weighted by Crippen LogP contribution is -2.46. The number of hydrogen-bond donors (Lipinski definition) is 1. The van der Waals surface area contributed by atoms with Crippen LogP contribution in [0.15, 0.2) is 0 Å². The van der Waals surface area contributed by atoms with Crippen molar-refractivity contribution in [3.63, 3.8) is 0 Å². The van der Waals surface area contributed by atoms with Gasteiger partial charge < -0.3 is 10.1 Å². The molecule has 0 amide bonds. The lowest BCUT2D eigenvalue weighted by Gasteiger charge is -2.32. The van der Waals surface area contributed by atoms with Gasteiger partial charge in [-0.1, -0.05) is 0 Å². The van der Waals surface area contributed by atoms with Crippen molar-refractivity contribution >= 4 is 5.78 Å². The summed E-state index contributed by atoms with van der Waals surface area (Å²) in [6, 6.07) is 0.976. The van der Waals surface area contributed by atoms with Crippen molar-refractivity contribution in [1.82, 2.24) is 5.32 Å². The van der Waals surface area contributed by atoms with Gasteiger partial charge in [0.1, 0.15) is 5.78 Å². The molecule has 3 aliphatic heterocycles. The van der Waals surface area contributed by atoms with E-state index < -0.39 is 0 Å². The summed E-state index contributed by atoms with van der Waals surface area (Å²) in [5, 5.41) is 3.60. The minimum atomic E-state index is 0.283. The van der Waals surface area contributed by atoms with Crippen LogP contribution in [0, 0.1) is 11.8 Å². The molecule has 3 rings (SSSR count). The van der Waals surface area contributed by atoms with Gasteiger partial charge in [-0.3, -0.25) is 4.79 Å². The topological polar surface area (TPSA) is 38.3 Å². The smallest absolute Gasteiger partial charge is 0.139 e. The molecule has 1 N–H and O–H groups in total. The molecule has 0 radical (unpaired) electrons. The van der Waals surface area contributed by atoms with E-state index in [9.17, 15) is 4.79 Å². The molecule has 0 aromatic heterocycles. The van der Waals surface area contributed by atoms with Crippen LogP contribution in [0.1, 0.15) is 38.5 Å². The Morgan fingerprint density at radius 1 is 1.31 bits per heavy atom. The molecule has 0 aromatic carbocycles. The predicted molar refractivity (Wildman–Crippen MR) is 61.2 cm³/mol. The summed E-state index contributed by atoms with van der Waals surface area (Å²) >= 11 is 0. The fourth-order valence-corrected chi connectivity index (χ4v) is 3.60. The Labute approximate surface area is 96.9 Å². The zero-order valence-corrected chi connectivity index (χ0v) is 9.78. The molecule has 3 heterocycles. The maximum absolute atomic E-state index is 12.0. The van der Waals surface area contributed by atoms with Gasteiger partial charge in [0.2, 0.25) is 0 Å². The van der Waals surface area contributed by atoms with Crippen molar-refractivity contribution in [1.29, 1.82) is 0 Å². The van der Waals surface area contributed by atoms with Crippen molar-refractivity contribution in [2.75, 3.05) is 13.2 Å². The minimum Gasteiger partial charge on any atom is -0.381 e. The number of carbonyl (C=O) groups is 1. The van der Waals surface area contributed by atoms with Crippen LogP contribution in [-0.2, 0) is 9.53 Å². The fourth-order valence-electron chi connectivity index (χ4n) is 3.60. The average molecular weight is 223 g/mol. The van der Waals surface area contributed by atoms with Crippen LogP contribution in [0.5, 0.6) is 0 Å². The van der Waals surface area contributed by atoms with E-state index in [0.29, 0.717) is 23.8 Å². The number of rotatable bonds is 2. The van der Waals surface area contributed by atoms with Gasteiger partial charge in [0.15, 0.2) is 0 Å². The van der Waals surface area contributed by atoms with E-state index in [1.807, 2.05) is 0 Å². The van der Waals surface area contributed by atoms with Gasteiger partial charge >= 0.3 is 0 Å². The Morgan fingerprint density at radius 2 is 2.25 bits per heavy atom. The lowest BCUT2D eigenvalue weighted by atomic mass is 9.81. The van der Waals surface area contributed by atoms with Crippen LogP contribution < -0.4 is 5.32 Å². The highest BCUT2D eigenvalue weighted by atomic mass is 16.5. The van der Waals surface area contributed by atoms with E-state index in [1.54, 1.807) is 0 Å². The number of ketones is 1. The van der Waals surface area contributed by atoms with Crippen LogP contribution in [0.2, 0.25) is 0 Å². The van der Waals surface area contributed by atoms with Gasteiger partial charge in [-0.05, 0) is 38.0 Å². The second kappa shape index (κ2) is 4.46. The third kappa shape index (κ3) is 2.03. The molecule has 3 saturated heterocycles. The normalized spacial score (nSPS) is 43.6. The molecule has 2 bridgehead atoms. The number of piperidine rings is 1. The van der Waals surface area contributed by atoms with Gasteiger partial charge in [-0.15, -0.1) is 0 Å². The quantitative estimate of drug-likeness (QED) is 0.771. The number of nitrogens with one attached hydrogen (secondary N) is 1. The van der Waals surface area contributed by atoms with Crippen LogP contribution >= 0.6 is 0 Å². The molecular weight excluding hydrogens is 202 g/mol. The molecule has 16 heavy (non-hydrogen) atoms. The SMILES string of the molecule is O=C1CC2CCC(N2)C1CC1CCCOC1. The Morgan fingerprint density at radius 3 is 3.06 bits per heavy atom. The zero-order valence-electron chi connectivity index (χ0n) is 9.78. The van der Waals surface area contributed by atoms with E-state index in [-0.39, 0.29) is 5.92 Å². The molecule has 3 fully saturated rings. The second-order valence-corrected chi connectivity index (χ2v) is 5.64. The largest absolute Gasteiger partial charge is 0.381 e. The maximum Gasteiger partial charge on any atom is 0.139 e. The summed E-state index contributed by atoms with van der Waals surface area (Å²) in [6.45, 7) is 1.79. The molecule has 90 valence electrons. The number of ether oxygens (including phenoxy) is 1. The molecule has 4 atom stereocenters. The molecule has 0 spiro atoms. The van der Waals surface area contributed by atoms with Crippen molar-refractivity contribution in [2.24, 2.45) is 11.8 Å². The van der Waals surface area contributed by atoms with Crippen molar-refractivity contribution in [2.45, 2.75) is 50.6 Å². The molecule has 4 unspecified atom stereocenters. The maximum atomic E-state index is 12.0. The van der Waals surface area contributed by atoms with E-state index in [4.69, 9.17) is 4.74 Å². The van der Waals surface area contributed by atoms with Crippen LogP contribution in [0.25, 0.3) is 0 Å². The van der Waals surface area contributed by atoms with E-state index in [0.717, 1.165) is 26.1 Å². The van der Waals surface area contributed by atoms with Crippen LogP contribution in [0.4, 0.5) is 0 Å². The van der Waals surface area contributed by atoms with Crippen LogP contribution in [-0.4, -0.2) is 31.1 Å². The number of hydrogen-bond acceptors (Lipinski definition) is 3. The second-order valence-electron chi connectivity index (χ2n) is 5.64. The molecular formula is C13H21NO2. The van der Waals surface area contributed by atoms with Crippen molar-refractivity contribution < 1.29 is 9.53 Å². The van der Waals surface area contributed by atoms with Gasteiger partial charge in [-0.25, -0.2) is 0 Å². The Bertz CT molecular complexity index is 273. The van der Waals surface area contributed by atoms with Gasteiger partial charge in [-0.2, -0.15) is 0 Å². The number of fused-ring (bicyclic) bond motifs is 2. The van der Waals surface area contributed by atoms with Gasteiger partial charge in [0, 0.05) is 37.6 Å². The summed E-state index contributed by atoms with van der Waals surface area (Å²) < 4.78 is 5.51. The van der Waals surface area contributed by atoms with E-state index >= 15 is 0 Å². The highest BCUT2D eigenvalue weighted by molar-refractivity contribution is 5.83. The molecule has 0 saturated carbocycles. The Kier molecular flexibility index (Phi) is 2.99. The average Bonchev–Trinajstić information content (AvgIpc) is 2.70. The van der Waals surface area contributed by atoms with E-state index in [2.05, 4.69) is 5.32 Å². The third-order valence-electron chi connectivity index (χ3n) is 4.46. The Hall–Kier alpha value is -0.410. The third-order valence-corrected chi connectivity index (χ3v) is 4.46. The summed E-state index contributed by atoms with van der Waals surface area (Å²) in [4.78, 5) is 12.0. The first-order valence-electron chi connectivity index (χ1n) is 6.69. The fraction of sp³-hybridized carbons (Fsp3) is 0.923. The molecule has 0 aromatic rings. The summed E-state index contributed by atoms with van der Waals surface area (Å²) in [5.74, 6) is 1.42. The van der Waals surface area contributed by atoms with Gasteiger partial charge in [0.25, 0.3) is 0 Å². The zero-order chi connectivity index (χ0) is 11.0. The Balaban J connectivity index is 1.62. The molecule has 3 nitrogen and oxygen atoms in total. The van der Waals surface area contributed by atoms with Crippen molar-refractivity contribution in [3.05, 3.63) is 0 Å². The number of carbonyl (C=O) groups excluding carboxylic acids is 1. The van der Waals surface area contributed by atoms with Gasteiger partial charge in [0.05, 0.1) is 0 Å². The monoisotopic (exact) mass is 223 g/mol. The summed E-state index contributed by atoms with van der Waals surface area (Å²) in [5.41, 5.74) is 0. The molecule has 3 heteroatoms. The van der Waals surface area contributed by atoms with Crippen molar-refractivity contribution in [3.8, 4) is 0 Å². The lowest BCUT2D eigenvalue weighted by molar-refractivity contribution is -0.126. The summed E-state index contributed by atoms with van der Waals surface area (Å²) in [6.07, 6.45) is 6.66. The highest BCUT2D eigenvalue weighted by Crippen LogP contribution is 2.34. The molecule has 0 aliphatic carbocycles. The number of Topliss-reactive ketones (excluding diaryl/α,β-unsaturated/α-hetero) is 1. The minimum absolute atomic E-state index is 0.283. The highest BCUT2D eigenvalue weighted by Gasteiger charge is 2.41. The first kappa shape index (κ1) is 10.7. The first-order valence-corrected chi connectivity index (χ1v) is 6.69. The standard InChI is InChI=1S/C13H21NO2/c15-13-7-10-3-4-12(14-10)11(13)6-9-2-1-5-16-8-9/h9-12,14H,1-8H2. The summed E-state index contributed by atoms with van der Waals surface area (Å²) in [7, 11) is 0. The van der Waals surface area contributed by atoms with Crippen LogP contribution in [0.3, 0.4) is 0 Å². The molecule has 3 aliphatic rings. The first-order chi connectivity index (χ1) is 7.83.